The molecule has 1 fully saturated rings. The molecule has 5 nitrogen and oxygen atoms in total. The highest BCUT2D eigenvalue weighted by Crippen LogP contribution is 2.31. The van der Waals surface area contributed by atoms with E-state index in [9.17, 15) is 9.59 Å². The van der Waals surface area contributed by atoms with Gasteiger partial charge in [-0.1, -0.05) is 37.5 Å². The first-order valence-electron chi connectivity index (χ1n) is 9.32. The van der Waals surface area contributed by atoms with Gasteiger partial charge in [-0.2, -0.15) is 0 Å². The van der Waals surface area contributed by atoms with E-state index in [4.69, 9.17) is 4.74 Å². The molecule has 2 N–H and O–H groups in total. The van der Waals surface area contributed by atoms with Crippen molar-refractivity contribution in [1.29, 1.82) is 0 Å². The number of nitrogens with one attached hydrogen (secondary N) is 2. The number of allylic oxidation sites excluding steroid dienone is 2. The molecule has 0 aliphatic heterocycles. The van der Waals surface area contributed by atoms with E-state index >= 15 is 0 Å². The van der Waals surface area contributed by atoms with Gasteiger partial charge in [-0.15, -0.1) is 0 Å². The first-order chi connectivity index (χ1) is 11.8. The maximum Gasteiger partial charge on any atom is 0.327 e. The Labute approximate surface area is 151 Å². The van der Waals surface area contributed by atoms with Gasteiger partial charge < -0.3 is 10.1 Å². The molecule has 2 aliphatic carbocycles. The van der Waals surface area contributed by atoms with Crippen molar-refractivity contribution < 1.29 is 14.3 Å². The highest BCUT2D eigenvalue weighted by Gasteiger charge is 2.44. The summed E-state index contributed by atoms with van der Waals surface area (Å²) in [7, 11) is 1.40. The number of methoxy groups -OCH3 is 1. The molecule has 0 unspecified atom stereocenters. The third-order valence-electron chi connectivity index (χ3n) is 4.84. The molecular weight excluding hydrogens is 316 g/mol. The van der Waals surface area contributed by atoms with Crippen LogP contribution in [0, 0.1) is 0 Å². The summed E-state index contributed by atoms with van der Waals surface area (Å²) in [6.07, 6.45) is 12.5. The molecular formula is C20H32N2O3. The first-order valence-corrected chi connectivity index (χ1v) is 9.32. The van der Waals surface area contributed by atoms with E-state index < -0.39 is 11.6 Å². The lowest BCUT2D eigenvalue weighted by Gasteiger charge is -2.41. The van der Waals surface area contributed by atoms with Gasteiger partial charge in [0.1, 0.15) is 6.04 Å². The zero-order chi connectivity index (χ0) is 18.5. The van der Waals surface area contributed by atoms with Crippen molar-refractivity contribution >= 4 is 11.9 Å². The molecule has 0 saturated heterocycles. The number of esters is 1. The van der Waals surface area contributed by atoms with Crippen LogP contribution in [0.1, 0.15) is 65.7 Å². The van der Waals surface area contributed by atoms with Gasteiger partial charge in [-0.25, -0.2) is 4.79 Å². The summed E-state index contributed by atoms with van der Waals surface area (Å²) in [5.74, 6) is -0.361. The summed E-state index contributed by atoms with van der Waals surface area (Å²) >= 11 is 0. The van der Waals surface area contributed by atoms with E-state index in [0.717, 1.165) is 50.5 Å². The number of rotatable bonds is 5. The van der Waals surface area contributed by atoms with Crippen molar-refractivity contribution in [2.24, 2.45) is 0 Å². The van der Waals surface area contributed by atoms with E-state index in [2.05, 4.69) is 22.8 Å². The van der Waals surface area contributed by atoms with E-state index in [1.54, 1.807) is 0 Å². The molecule has 25 heavy (non-hydrogen) atoms. The van der Waals surface area contributed by atoms with E-state index in [1.165, 1.54) is 7.11 Å². The summed E-state index contributed by atoms with van der Waals surface area (Å²) in [5, 5.41) is 6.51. The molecule has 1 saturated carbocycles. The van der Waals surface area contributed by atoms with Crippen LogP contribution in [-0.4, -0.2) is 36.1 Å². The third-order valence-corrected chi connectivity index (χ3v) is 4.84. The molecule has 0 aromatic carbocycles. The average molecular weight is 348 g/mol. The number of hydrogen-bond acceptors (Lipinski definition) is 4. The van der Waals surface area contributed by atoms with Crippen LogP contribution in [0.3, 0.4) is 0 Å². The molecule has 0 aromatic rings. The van der Waals surface area contributed by atoms with Crippen molar-refractivity contribution in [1.82, 2.24) is 10.6 Å². The zero-order valence-electron chi connectivity index (χ0n) is 16.0. The van der Waals surface area contributed by atoms with Crippen LogP contribution in [0.2, 0.25) is 0 Å². The highest BCUT2D eigenvalue weighted by atomic mass is 16.5. The quantitative estimate of drug-likeness (QED) is 0.750. The van der Waals surface area contributed by atoms with Crippen LogP contribution in [0.15, 0.2) is 23.8 Å². The topological polar surface area (TPSA) is 67.4 Å². The molecule has 2 aliphatic rings. The average Bonchev–Trinajstić information content (AvgIpc) is 2.59. The summed E-state index contributed by atoms with van der Waals surface area (Å²) in [5.41, 5.74) is -0.142. The van der Waals surface area contributed by atoms with Gasteiger partial charge in [-0.05, 0) is 52.0 Å². The second kappa shape index (κ2) is 8.17. The summed E-state index contributed by atoms with van der Waals surface area (Å²) in [6, 6.07) is -0.606. The molecule has 2 rings (SSSR count). The normalized spacial score (nSPS) is 21.2. The van der Waals surface area contributed by atoms with Crippen LogP contribution in [-0.2, 0) is 14.3 Å². The van der Waals surface area contributed by atoms with Gasteiger partial charge in [0.05, 0.1) is 12.6 Å². The predicted octanol–water partition coefficient (Wildman–Crippen LogP) is 3.01. The minimum Gasteiger partial charge on any atom is -0.468 e. The van der Waals surface area contributed by atoms with Crippen molar-refractivity contribution in [3.05, 3.63) is 23.8 Å². The number of carbonyl (C=O) groups is 2. The summed E-state index contributed by atoms with van der Waals surface area (Å²) < 4.78 is 5.02. The van der Waals surface area contributed by atoms with Gasteiger partial charge in [0.2, 0.25) is 5.91 Å². The predicted molar refractivity (Wildman–Crippen MR) is 99.1 cm³/mol. The molecule has 0 radical (unpaired) electrons. The largest absolute Gasteiger partial charge is 0.468 e. The Morgan fingerprint density at radius 3 is 2.36 bits per heavy atom. The summed E-state index contributed by atoms with van der Waals surface area (Å²) in [4.78, 5) is 25.5. The summed E-state index contributed by atoms with van der Waals surface area (Å²) in [6.45, 7) is 5.93. The fourth-order valence-corrected chi connectivity index (χ4v) is 3.57. The molecule has 0 aromatic heterocycles. The molecule has 140 valence electrons. The van der Waals surface area contributed by atoms with Crippen molar-refractivity contribution in [3.8, 4) is 0 Å². The van der Waals surface area contributed by atoms with Crippen molar-refractivity contribution in [3.63, 3.8) is 0 Å². The highest BCUT2D eigenvalue weighted by molar-refractivity contribution is 5.89. The fourth-order valence-electron chi connectivity index (χ4n) is 3.57. The lowest BCUT2D eigenvalue weighted by molar-refractivity contribution is -0.143. The third kappa shape index (κ3) is 5.18. The lowest BCUT2D eigenvalue weighted by atomic mass is 9.79. The van der Waals surface area contributed by atoms with Crippen LogP contribution >= 0.6 is 0 Å². The van der Waals surface area contributed by atoms with E-state index in [-0.39, 0.29) is 17.4 Å². The van der Waals surface area contributed by atoms with Crippen molar-refractivity contribution in [2.45, 2.75) is 82.8 Å². The van der Waals surface area contributed by atoms with Crippen LogP contribution in [0.5, 0.6) is 0 Å². The van der Waals surface area contributed by atoms with Gasteiger partial charge in [-0.3, -0.25) is 10.1 Å². The van der Waals surface area contributed by atoms with Crippen LogP contribution in [0.25, 0.3) is 0 Å². The van der Waals surface area contributed by atoms with Gasteiger partial charge in [0, 0.05) is 5.54 Å². The first kappa shape index (κ1) is 19.7. The van der Waals surface area contributed by atoms with Crippen LogP contribution in [0.4, 0.5) is 0 Å². The van der Waals surface area contributed by atoms with Gasteiger partial charge in [0.25, 0.3) is 0 Å². The fraction of sp³-hybridized carbons (Fsp3) is 0.700. The van der Waals surface area contributed by atoms with Crippen molar-refractivity contribution in [2.75, 3.05) is 7.11 Å². The zero-order valence-corrected chi connectivity index (χ0v) is 16.0. The van der Waals surface area contributed by atoms with Gasteiger partial charge >= 0.3 is 5.97 Å². The molecule has 1 atom stereocenters. The standard InChI is InChI=1S/C20H32N2O3/c1-19(2,3)22-18(24)20(13-9-6-10-14-20)21-16(17(23)25-4)15-11-7-5-8-12-15/h7,11-12,16,21H,5-6,8-10,13-14H2,1-4H3,(H,22,24)/t16-/m0/s1. The van der Waals surface area contributed by atoms with Crippen LogP contribution < -0.4 is 10.6 Å². The Morgan fingerprint density at radius 1 is 1.16 bits per heavy atom. The molecule has 5 heteroatoms. The minimum atomic E-state index is -0.726. The van der Waals surface area contributed by atoms with E-state index in [0.29, 0.717) is 0 Å². The minimum absolute atomic E-state index is 0.0195. The maximum absolute atomic E-state index is 13.1. The Kier molecular flexibility index (Phi) is 6.44. The van der Waals surface area contributed by atoms with Gasteiger partial charge in [0.15, 0.2) is 0 Å². The number of carbonyl (C=O) groups excluding carboxylic acids is 2. The molecule has 0 spiro atoms. The number of amides is 1. The SMILES string of the molecule is COC(=O)[C@@H](NC1(C(=O)NC(C)(C)C)CCCCC1)C1=CCCC=C1. The Balaban J connectivity index is 2.29. The maximum atomic E-state index is 13.1. The van der Waals surface area contributed by atoms with E-state index in [1.807, 2.05) is 26.8 Å². The number of ether oxygens (including phenoxy) is 1. The Bertz CT molecular complexity index is 552. The Morgan fingerprint density at radius 2 is 1.84 bits per heavy atom. The Hall–Kier alpha value is -1.62. The second-order valence-electron chi connectivity index (χ2n) is 8.13. The number of hydrogen-bond donors (Lipinski definition) is 2. The molecule has 1 amide bonds. The second-order valence-corrected chi connectivity index (χ2v) is 8.13. The lowest BCUT2D eigenvalue weighted by Crippen LogP contribution is -2.64. The smallest absolute Gasteiger partial charge is 0.327 e. The molecule has 0 bridgehead atoms. The monoisotopic (exact) mass is 348 g/mol. The molecule has 0 heterocycles.